The lowest BCUT2D eigenvalue weighted by Crippen LogP contribution is -2.14. The molecule has 0 saturated carbocycles. The molecule has 0 saturated heterocycles. The number of nitriles is 1. The van der Waals surface area contributed by atoms with Crippen molar-refractivity contribution in [3.8, 4) is 28.5 Å². The summed E-state index contributed by atoms with van der Waals surface area (Å²) in [7, 11) is 0. The Bertz CT molecular complexity index is 1250. The summed E-state index contributed by atoms with van der Waals surface area (Å²) in [6.07, 6.45) is 1.47. The van der Waals surface area contributed by atoms with Crippen LogP contribution in [0.3, 0.4) is 0 Å². The third-order valence-corrected chi connectivity index (χ3v) is 5.43. The maximum Gasteiger partial charge on any atom is 0.237 e. The SMILES string of the molecule is Cc1cc(SCC(=O)Nc2oc(-c3ccccc3)c(-c3ccccc3)c2C#N)ncn1. The first-order valence-electron chi connectivity index (χ1n) is 9.54. The van der Waals surface area contributed by atoms with Crippen LogP contribution in [0.1, 0.15) is 11.3 Å². The molecule has 0 fully saturated rings. The number of aromatic nitrogens is 2. The summed E-state index contributed by atoms with van der Waals surface area (Å²) in [5.74, 6) is 0.525. The van der Waals surface area contributed by atoms with E-state index < -0.39 is 0 Å². The third kappa shape index (κ3) is 4.65. The van der Waals surface area contributed by atoms with Gasteiger partial charge in [-0.15, -0.1) is 0 Å². The number of thioether (sulfide) groups is 1. The van der Waals surface area contributed by atoms with Crippen molar-refractivity contribution in [3.05, 3.63) is 84.3 Å². The number of benzene rings is 2. The fraction of sp³-hybridized carbons (Fsp3) is 0.0833. The second kappa shape index (κ2) is 9.28. The highest BCUT2D eigenvalue weighted by Crippen LogP contribution is 2.41. The number of nitrogens with one attached hydrogen (secondary N) is 1. The fourth-order valence-corrected chi connectivity index (χ4v) is 3.84. The zero-order valence-electron chi connectivity index (χ0n) is 16.7. The summed E-state index contributed by atoms with van der Waals surface area (Å²) < 4.78 is 6.03. The lowest BCUT2D eigenvalue weighted by molar-refractivity contribution is -0.113. The Morgan fingerprint density at radius 1 is 1.06 bits per heavy atom. The van der Waals surface area contributed by atoms with Crippen LogP contribution in [-0.2, 0) is 4.79 Å². The van der Waals surface area contributed by atoms with Crippen molar-refractivity contribution in [2.75, 3.05) is 11.1 Å². The van der Waals surface area contributed by atoms with Crippen LogP contribution in [0.4, 0.5) is 5.88 Å². The highest BCUT2D eigenvalue weighted by Gasteiger charge is 2.24. The van der Waals surface area contributed by atoms with Crippen LogP contribution >= 0.6 is 11.8 Å². The van der Waals surface area contributed by atoms with Gasteiger partial charge in [-0.2, -0.15) is 5.26 Å². The second-order valence-corrected chi connectivity index (χ2v) is 7.68. The van der Waals surface area contributed by atoms with Gasteiger partial charge in [0, 0.05) is 16.8 Å². The standard InChI is InChI=1S/C24H18N4O2S/c1-16-12-21(27-15-26-16)31-14-20(29)28-24-19(13-25)22(17-8-4-2-5-9-17)23(30-24)18-10-6-3-7-11-18/h2-12,15H,14H2,1H3,(H,28,29). The van der Waals surface area contributed by atoms with Gasteiger partial charge in [0.1, 0.15) is 28.7 Å². The average molecular weight is 427 g/mol. The van der Waals surface area contributed by atoms with E-state index in [1.807, 2.05) is 73.7 Å². The molecule has 0 radical (unpaired) electrons. The average Bonchev–Trinajstić information content (AvgIpc) is 3.17. The smallest absolute Gasteiger partial charge is 0.237 e. The summed E-state index contributed by atoms with van der Waals surface area (Å²) in [6.45, 7) is 1.87. The van der Waals surface area contributed by atoms with Gasteiger partial charge in [-0.05, 0) is 18.6 Å². The first kappa shape index (κ1) is 20.4. The molecule has 4 rings (SSSR count). The number of hydrogen-bond donors (Lipinski definition) is 1. The van der Waals surface area contributed by atoms with Crippen LogP contribution in [0.15, 0.2) is 82.5 Å². The minimum atomic E-state index is -0.286. The van der Waals surface area contributed by atoms with E-state index >= 15 is 0 Å². The van der Waals surface area contributed by atoms with Gasteiger partial charge in [0.15, 0.2) is 0 Å². The Balaban J connectivity index is 1.66. The van der Waals surface area contributed by atoms with Crippen molar-refractivity contribution in [2.24, 2.45) is 0 Å². The number of anilines is 1. The van der Waals surface area contributed by atoms with Crippen LogP contribution in [0, 0.1) is 18.3 Å². The van der Waals surface area contributed by atoms with Crippen LogP contribution in [-0.4, -0.2) is 21.6 Å². The lowest BCUT2D eigenvalue weighted by atomic mass is 9.98. The zero-order chi connectivity index (χ0) is 21.6. The molecular weight excluding hydrogens is 408 g/mol. The Kier molecular flexibility index (Phi) is 6.11. The molecule has 0 spiro atoms. The van der Waals surface area contributed by atoms with Crippen molar-refractivity contribution < 1.29 is 9.21 Å². The molecule has 7 heteroatoms. The predicted octanol–water partition coefficient (Wildman–Crippen LogP) is 5.31. The molecule has 31 heavy (non-hydrogen) atoms. The van der Waals surface area contributed by atoms with Crippen molar-refractivity contribution in [3.63, 3.8) is 0 Å². The van der Waals surface area contributed by atoms with E-state index in [9.17, 15) is 10.1 Å². The molecule has 4 aromatic rings. The Labute approximate surface area is 184 Å². The number of nitrogens with zero attached hydrogens (tertiary/aromatic N) is 3. The Morgan fingerprint density at radius 3 is 2.39 bits per heavy atom. The van der Waals surface area contributed by atoms with Gasteiger partial charge in [-0.3, -0.25) is 10.1 Å². The molecule has 152 valence electrons. The Morgan fingerprint density at radius 2 is 1.74 bits per heavy atom. The van der Waals surface area contributed by atoms with Crippen molar-refractivity contribution in [2.45, 2.75) is 11.9 Å². The van der Waals surface area contributed by atoms with E-state index in [-0.39, 0.29) is 17.5 Å². The van der Waals surface area contributed by atoms with Gasteiger partial charge in [-0.1, -0.05) is 72.4 Å². The second-order valence-electron chi connectivity index (χ2n) is 6.69. The van der Waals surface area contributed by atoms with Gasteiger partial charge in [-0.25, -0.2) is 9.97 Å². The summed E-state index contributed by atoms with van der Waals surface area (Å²) >= 11 is 1.29. The van der Waals surface area contributed by atoms with Crippen molar-refractivity contribution >= 4 is 23.6 Å². The highest BCUT2D eigenvalue weighted by atomic mass is 32.2. The van der Waals surface area contributed by atoms with Gasteiger partial charge in [0.05, 0.1) is 5.75 Å². The minimum absolute atomic E-state index is 0.128. The van der Waals surface area contributed by atoms with E-state index in [0.29, 0.717) is 21.9 Å². The highest BCUT2D eigenvalue weighted by molar-refractivity contribution is 7.99. The van der Waals surface area contributed by atoms with Gasteiger partial charge in [0.25, 0.3) is 0 Å². The van der Waals surface area contributed by atoms with E-state index in [4.69, 9.17) is 4.42 Å². The van der Waals surface area contributed by atoms with Crippen LogP contribution in [0.5, 0.6) is 0 Å². The number of hydrogen-bond acceptors (Lipinski definition) is 6. The van der Waals surface area contributed by atoms with Gasteiger partial charge >= 0.3 is 0 Å². The third-order valence-electron chi connectivity index (χ3n) is 4.50. The van der Waals surface area contributed by atoms with Crippen LogP contribution < -0.4 is 5.32 Å². The molecule has 0 aliphatic rings. The number of carbonyl (C=O) groups excluding carboxylic acids is 1. The van der Waals surface area contributed by atoms with E-state index in [1.54, 1.807) is 0 Å². The topological polar surface area (TPSA) is 91.8 Å². The summed E-state index contributed by atoms with van der Waals surface area (Å²) in [4.78, 5) is 20.8. The molecule has 0 aliphatic carbocycles. The normalized spacial score (nSPS) is 10.5. The molecule has 1 N–H and O–H groups in total. The lowest BCUT2D eigenvalue weighted by Gasteiger charge is -2.03. The predicted molar refractivity (Wildman–Crippen MR) is 120 cm³/mol. The quantitative estimate of drug-likeness (QED) is 0.332. The summed E-state index contributed by atoms with van der Waals surface area (Å²) in [5, 5.41) is 13.3. The van der Waals surface area contributed by atoms with E-state index in [2.05, 4.69) is 21.4 Å². The molecule has 2 aromatic carbocycles. The molecule has 0 unspecified atom stereocenters. The summed E-state index contributed by atoms with van der Waals surface area (Å²) in [6, 6.07) is 23.1. The summed E-state index contributed by atoms with van der Waals surface area (Å²) in [5.41, 5.74) is 3.44. The Hall–Kier alpha value is -3.89. The largest absolute Gasteiger partial charge is 0.438 e. The first-order chi connectivity index (χ1) is 15.2. The molecular formula is C24H18N4O2S. The molecule has 2 heterocycles. The molecule has 0 bridgehead atoms. The van der Waals surface area contributed by atoms with Crippen molar-refractivity contribution in [1.29, 1.82) is 5.26 Å². The van der Waals surface area contributed by atoms with Gasteiger partial charge in [0.2, 0.25) is 11.8 Å². The van der Waals surface area contributed by atoms with E-state index in [1.165, 1.54) is 18.1 Å². The van der Waals surface area contributed by atoms with Crippen LogP contribution in [0.25, 0.3) is 22.5 Å². The first-order valence-corrected chi connectivity index (χ1v) is 10.5. The molecule has 0 atom stereocenters. The maximum absolute atomic E-state index is 12.6. The molecule has 2 aromatic heterocycles. The van der Waals surface area contributed by atoms with Gasteiger partial charge < -0.3 is 4.42 Å². The molecule has 6 nitrogen and oxygen atoms in total. The number of rotatable bonds is 6. The van der Waals surface area contributed by atoms with Crippen molar-refractivity contribution in [1.82, 2.24) is 9.97 Å². The van der Waals surface area contributed by atoms with E-state index in [0.717, 1.165) is 16.8 Å². The zero-order valence-corrected chi connectivity index (χ0v) is 17.5. The number of aryl methyl sites for hydroxylation is 1. The number of furan rings is 1. The maximum atomic E-state index is 12.6. The number of carbonyl (C=O) groups is 1. The minimum Gasteiger partial charge on any atom is -0.438 e. The van der Waals surface area contributed by atoms with Crippen LogP contribution in [0.2, 0.25) is 0 Å². The fourth-order valence-electron chi connectivity index (χ4n) is 3.11. The molecule has 1 amide bonds. The monoisotopic (exact) mass is 426 g/mol. The molecule has 0 aliphatic heterocycles. The number of amides is 1.